The van der Waals surface area contributed by atoms with E-state index in [1.54, 1.807) is 24.3 Å². The highest BCUT2D eigenvalue weighted by Crippen LogP contribution is 2.11. The second kappa shape index (κ2) is 8.61. The van der Waals surface area contributed by atoms with Crippen molar-refractivity contribution in [2.45, 2.75) is 25.8 Å². The van der Waals surface area contributed by atoms with Crippen molar-refractivity contribution >= 4 is 21.6 Å². The lowest BCUT2D eigenvalue weighted by molar-refractivity contribution is -0.116. The van der Waals surface area contributed by atoms with Gasteiger partial charge in [0, 0.05) is 18.7 Å². The van der Waals surface area contributed by atoms with Gasteiger partial charge in [-0.25, -0.2) is 13.1 Å². The normalized spacial score (nSPS) is 11.2. The third kappa shape index (κ3) is 6.93. The minimum Gasteiger partial charge on any atom is -0.326 e. The van der Waals surface area contributed by atoms with Gasteiger partial charge in [0.15, 0.2) is 0 Å². The third-order valence-electron chi connectivity index (χ3n) is 3.49. The number of anilines is 1. The van der Waals surface area contributed by atoms with Gasteiger partial charge >= 0.3 is 0 Å². The number of carbonyl (C=O) groups excluding carboxylic acids is 1. The summed E-state index contributed by atoms with van der Waals surface area (Å²) < 4.78 is 24.5. The Morgan fingerprint density at radius 3 is 2.25 bits per heavy atom. The van der Waals surface area contributed by atoms with Crippen LogP contribution in [0.15, 0.2) is 54.6 Å². The molecule has 0 aliphatic heterocycles. The molecule has 0 heterocycles. The average molecular weight is 346 g/mol. The van der Waals surface area contributed by atoms with Gasteiger partial charge in [-0.2, -0.15) is 0 Å². The van der Waals surface area contributed by atoms with Gasteiger partial charge in [0.1, 0.15) is 0 Å². The third-order valence-corrected chi connectivity index (χ3v) is 4.16. The Morgan fingerprint density at radius 2 is 1.62 bits per heavy atom. The molecule has 2 N–H and O–H groups in total. The topological polar surface area (TPSA) is 75.3 Å². The predicted octanol–water partition coefficient (Wildman–Crippen LogP) is 2.70. The van der Waals surface area contributed by atoms with Crippen LogP contribution < -0.4 is 10.0 Å². The molecule has 0 atom stereocenters. The maximum Gasteiger partial charge on any atom is 0.224 e. The standard InChI is InChI=1S/C18H22N2O3S/c1-24(22,23)19-14-16-10-12-17(13-11-16)20-18(21)9-5-8-15-6-3-2-4-7-15/h2-4,6-7,10-13,19H,5,8-9,14H2,1H3,(H,20,21). The first kappa shape index (κ1) is 18.2. The minimum atomic E-state index is -3.20. The Bertz CT molecular complexity index is 757. The Morgan fingerprint density at radius 1 is 0.958 bits per heavy atom. The van der Waals surface area contributed by atoms with Crippen molar-refractivity contribution < 1.29 is 13.2 Å². The number of rotatable bonds is 8. The van der Waals surface area contributed by atoms with Gasteiger partial charge in [-0.1, -0.05) is 42.5 Å². The summed E-state index contributed by atoms with van der Waals surface area (Å²) in [6, 6.07) is 17.2. The zero-order valence-corrected chi connectivity index (χ0v) is 14.5. The molecule has 0 bridgehead atoms. The summed E-state index contributed by atoms with van der Waals surface area (Å²) in [5, 5.41) is 2.85. The molecule has 2 rings (SSSR count). The monoisotopic (exact) mass is 346 g/mol. The van der Waals surface area contributed by atoms with Gasteiger partial charge in [-0.15, -0.1) is 0 Å². The second-order valence-corrected chi connectivity index (χ2v) is 7.51. The fourth-order valence-corrected chi connectivity index (χ4v) is 2.67. The van der Waals surface area contributed by atoms with E-state index in [1.807, 2.05) is 18.2 Å². The van der Waals surface area contributed by atoms with E-state index < -0.39 is 10.0 Å². The molecule has 0 unspecified atom stereocenters. The van der Waals surface area contributed by atoms with Gasteiger partial charge in [0.25, 0.3) is 0 Å². The lowest BCUT2D eigenvalue weighted by Crippen LogP contribution is -2.21. The molecule has 0 spiro atoms. The van der Waals surface area contributed by atoms with Gasteiger partial charge in [0.2, 0.25) is 15.9 Å². The fourth-order valence-electron chi connectivity index (χ4n) is 2.24. The highest BCUT2D eigenvalue weighted by Gasteiger charge is 2.04. The molecule has 128 valence electrons. The molecule has 0 saturated heterocycles. The quantitative estimate of drug-likeness (QED) is 0.772. The molecule has 0 fully saturated rings. The molecule has 0 saturated carbocycles. The lowest BCUT2D eigenvalue weighted by atomic mass is 10.1. The van der Waals surface area contributed by atoms with E-state index in [9.17, 15) is 13.2 Å². The Hall–Kier alpha value is -2.18. The van der Waals surface area contributed by atoms with Gasteiger partial charge < -0.3 is 5.32 Å². The fraction of sp³-hybridized carbons (Fsp3) is 0.278. The van der Waals surface area contributed by atoms with Crippen molar-refractivity contribution in [3.8, 4) is 0 Å². The number of nitrogens with one attached hydrogen (secondary N) is 2. The predicted molar refractivity (Wildman–Crippen MR) is 96.1 cm³/mol. The number of carbonyl (C=O) groups is 1. The maximum absolute atomic E-state index is 11.9. The number of hydrogen-bond acceptors (Lipinski definition) is 3. The highest BCUT2D eigenvalue weighted by atomic mass is 32.2. The molecule has 6 heteroatoms. The Labute approximate surface area is 143 Å². The van der Waals surface area contributed by atoms with Crippen molar-refractivity contribution in [1.29, 1.82) is 0 Å². The summed E-state index contributed by atoms with van der Waals surface area (Å²) in [6.45, 7) is 0.240. The molecular formula is C18H22N2O3S. The summed E-state index contributed by atoms with van der Waals surface area (Å²) in [5.41, 5.74) is 2.78. The summed E-state index contributed by atoms with van der Waals surface area (Å²) >= 11 is 0. The molecule has 0 aliphatic rings. The van der Waals surface area contributed by atoms with E-state index in [1.165, 1.54) is 5.56 Å². The van der Waals surface area contributed by atoms with Gasteiger partial charge in [-0.05, 0) is 36.1 Å². The smallest absolute Gasteiger partial charge is 0.224 e. The highest BCUT2D eigenvalue weighted by molar-refractivity contribution is 7.88. The van der Waals surface area contributed by atoms with Crippen LogP contribution in [0, 0.1) is 0 Å². The summed E-state index contributed by atoms with van der Waals surface area (Å²) in [6.07, 6.45) is 3.26. The number of benzene rings is 2. The van der Waals surface area contributed by atoms with Crippen LogP contribution in [0.4, 0.5) is 5.69 Å². The van der Waals surface area contributed by atoms with Crippen molar-refractivity contribution in [2.24, 2.45) is 0 Å². The summed E-state index contributed by atoms with van der Waals surface area (Å²) in [4.78, 5) is 11.9. The van der Waals surface area contributed by atoms with Gasteiger partial charge in [-0.3, -0.25) is 4.79 Å². The van der Waals surface area contributed by atoms with E-state index in [2.05, 4.69) is 22.2 Å². The molecule has 1 amide bonds. The average Bonchev–Trinajstić information content (AvgIpc) is 2.54. The minimum absolute atomic E-state index is 0.0204. The van der Waals surface area contributed by atoms with Gasteiger partial charge in [0.05, 0.1) is 6.26 Å². The van der Waals surface area contributed by atoms with Crippen LogP contribution in [0.25, 0.3) is 0 Å². The zero-order chi connectivity index (χ0) is 17.4. The number of hydrogen-bond donors (Lipinski definition) is 2. The van der Waals surface area contributed by atoms with Crippen molar-refractivity contribution in [1.82, 2.24) is 4.72 Å². The molecule has 2 aromatic carbocycles. The van der Waals surface area contributed by atoms with Crippen molar-refractivity contribution in [3.63, 3.8) is 0 Å². The van der Waals surface area contributed by atoms with Crippen LogP contribution in [0.5, 0.6) is 0 Å². The van der Waals surface area contributed by atoms with E-state index in [-0.39, 0.29) is 12.5 Å². The molecule has 24 heavy (non-hydrogen) atoms. The van der Waals surface area contributed by atoms with Crippen LogP contribution in [-0.2, 0) is 27.8 Å². The van der Waals surface area contributed by atoms with Crippen molar-refractivity contribution in [2.75, 3.05) is 11.6 Å². The largest absolute Gasteiger partial charge is 0.326 e. The Balaban J connectivity index is 1.75. The van der Waals surface area contributed by atoms with Crippen molar-refractivity contribution in [3.05, 3.63) is 65.7 Å². The first-order valence-corrected chi connectivity index (χ1v) is 9.69. The molecule has 0 aliphatic carbocycles. The zero-order valence-electron chi connectivity index (χ0n) is 13.7. The van der Waals surface area contributed by atoms with E-state index >= 15 is 0 Å². The van der Waals surface area contributed by atoms with Crippen LogP contribution in [0.1, 0.15) is 24.0 Å². The number of aryl methyl sites for hydroxylation is 1. The van der Waals surface area contributed by atoms with E-state index in [0.29, 0.717) is 12.1 Å². The van der Waals surface area contributed by atoms with Crippen LogP contribution >= 0.6 is 0 Å². The summed E-state index contributed by atoms with van der Waals surface area (Å²) in [5.74, 6) is -0.0204. The molecule has 5 nitrogen and oxygen atoms in total. The molecule has 0 radical (unpaired) electrons. The number of amides is 1. The molecule has 0 aromatic heterocycles. The van der Waals surface area contributed by atoms with Crippen LogP contribution in [0.3, 0.4) is 0 Å². The SMILES string of the molecule is CS(=O)(=O)NCc1ccc(NC(=O)CCCc2ccccc2)cc1. The van der Waals surface area contributed by atoms with E-state index in [4.69, 9.17) is 0 Å². The first-order valence-electron chi connectivity index (χ1n) is 7.80. The Kier molecular flexibility index (Phi) is 6.52. The molecular weight excluding hydrogens is 324 g/mol. The molecule has 2 aromatic rings. The number of sulfonamides is 1. The first-order chi connectivity index (χ1) is 11.4. The van der Waals surface area contributed by atoms with E-state index in [0.717, 1.165) is 24.7 Å². The lowest BCUT2D eigenvalue weighted by Gasteiger charge is -2.07. The second-order valence-electron chi connectivity index (χ2n) is 5.68. The van der Waals surface area contributed by atoms with Crippen LogP contribution in [-0.4, -0.2) is 20.6 Å². The maximum atomic E-state index is 11.9. The summed E-state index contributed by atoms with van der Waals surface area (Å²) in [7, 11) is -3.20. The van der Waals surface area contributed by atoms with Crippen LogP contribution in [0.2, 0.25) is 0 Å².